The zero-order valence-corrected chi connectivity index (χ0v) is 4.80. The van der Waals surface area contributed by atoms with Crippen molar-refractivity contribution >= 4 is 12.6 Å². The van der Waals surface area contributed by atoms with Crippen LogP contribution in [0.2, 0.25) is 0 Å². The van der Waals surface area contributed by atoms with Crippen molar-refractivity contribution in [3.8, 4) is 0 Å². The van der Waals surface area contributed by atoms with Gasteiger partial charge in [0, 0.05) is 11.6 Å². The summed E-state index contributed by atoms with van der Waals surface area (Å²) in [5.74, 6) is -1.26. The van der Waals surface area contributed by atoms with Gasteiger partial charge < -0.3 is 10.0 Å². The molecule has 52 valence electrons. The van der Waals surface area contributed by atoms with Gasteiger partial charge >= 0.3 is 7.12 Å². The Hall–Kier alpha value is -0.935. The summed E-state index contributed by atoms with van der Waals surface area (Å²) in [6.45, 7) is 0. The quantitative estimate of drug-likeness (QED) is 0.492. The minimum Gasteiger partial charge on any atom is -0.423 e. The first-order valence-corrected chi connectivity index (χ1v) is 2.44. The van der Waals surface area contributed by atoms with Crippen molar-refractivity contribution in [2.75, 3.05) is 0 Å². The summed E-state index contributed by atoms with van der Waals surface area (Å²) in [6.07, 6.45) is -1.52. The highest BCUT2D eigenvalue weighted by Crippen LogP contribution is 1.88. The molecule has 0 spiro atoms. The number of hydrogen-bond acceptors (Lipinski definition) is 3. The molecule has 5 heteroatoms. The molecule has 0 saturated heterocycles. The van der Waals surface area contributed by atoms with E-state index in [0.717, 1.165) is 0 Å². The van der Waals surface area contributed by atoms with Crippen LogP contribution in [0.1, 0.15) is 4.11 Å². The third kappa shape index (κ3) is 1.52. The van der Waals surface area contributed by atoms with Gasteiger partial charge in [0.2, 0.25) is 0 Å². The molecule has 0 aromatic carbocycles. The van der Waals surface area contributed by atoms with Crippen LogP contribution < -0.4 is 5.46 Å². The fourth-order valence-corrected chi connectivity index (χ4v) is 0.434. The van der Waals surface area contributed by atoms with Gasteiger partial charge in [-0.15, -0.1) is 0 Å². The molecule has 2 N–H and O–H groups in total. The van der Waals surface area contributed by atoms with Crippen LogP contribution in [0.5, 0.6) is 0 Å². The number of hydrogen-bond donors (Lipinski definition) is 2. The van der Waals surface area contributed by atoms with E-state index in [2.05, 4.69) is 4.98 Å². The standard InChI is InChI=1S/C5H5BFNO2/c7-5-1-4(6(9)10)2-8-3-5/h1-3,9-10H/i1D,2D,3D. The Labute approximate surface area is 61.5 Å². The molecule has 1 rings (SSSR count). The molecule has 0 aliphatic heterocycles. The van der Waals surface area contributed by atoms with Crippen molar-refractivity contribution in [2.24, 2.45) is 0 Å². The second-order valence-corrected chi connectivity index (χ2v) is 1.56. The van der Waals surface area contributed by atoms with Crippen LogP contribution in [-0.4, -0.2) is 22.2 Å². The highest BCUT2D eigenvalue weighted by atomic mass is 19.1. The number of pyridine rings is 1. The van der Waals surface area contributed by atoms with E-state index in [1.165, 1.54) is 0 Å². The predicted octanol–water partition coefficient (Wildman–Crippen LogP) is -1.10. The Morgan fingerprint density at radius 2 is 2.30 bits per heavy atom. The van der Waals surface area contributed by atoms with Gasteiger partial charge in [0.15, 0.2) is 0 Å². The molecule has 1 aromatic rings. The minimum absolute atomic E-state index is 0.631. The maximum absolute atomic E-state index is 12.8. The van der Waals surface area contributed by atoms with E-state index < -0.39 is 36.8 Å². The lowest BCUT2D eigenvalue weighted by Gasteiger charge is -1.95. The first-order valence-electron chi connectivity index (χ1n) is 3.94. The average molecular weight is 144 g/mol. The van der Waals surface area contributed by atoms with Crippen LogP contribution in [0.25, 0.3) is 0 Å². The van der Waals surface area contributed by atoms with Crippen molar-refractivity contribution in [1.29, 1.82) is 0 Å². The molecule has 1 heterocycles. The number of aromatic nitrogens is 1. The van der Waals surface area contributed by atoms with Crippen LogP contribution in [-0.2, 0) is 0 Å². The first-order chi connectivity index (χ1) is 5.95. The highest BCUT2D eigenvalue weighted by molar-refractivity contribution is 6.58. The van der Waals surface area contributed by atoms with Gasteiger partial charge in [-0.1, -0.05) is 0 Å². The van der Waals surface area contributed by atoms with E-state index in [0.29, 0.717) is 0 Å². The molecule has 0 saturated carbocycles. The summed E-state index contributed by atoms with van der Waals surface area (Å²) in [4.78, 5) is 3.07. The molecule has 0 atom stereocenters. The fourth-order valence-electron chi connectivity index (χ4n) is 0.434. The van der Waals surface area contributed by atoms with Crippen molar-refractivity contribution in [3.63, 3.8) is 0 Å². The summed E-state index contributed by atoms with van der Waals surface area (Å²) in [5, 5.41) is 17.3. The molecule has 0 aliphatic rings. The smallest absolute Gasteiger partial charge is 0.423 e. The van der Waals surface area contributed by atoms with Gasteiger partial charge in [-0.25, -0.2) is 4.39 Å². The van der Waals surface area contributed by atoms with Crippen LogP contribution in [0.4, 0.5) is 4.39 Å². The topological polar surface area (TPSA) is 53.4 Å². The second-order valence-electron chi connectivity index (χ2n) is 1.56. The zero-order chi connectivity index (χ0) is 10.2. The summed E-state index contributed by atoms with van der Waals surface area (Å²) in [5.41, 5.74) is -0.631. The van der Waals surface area contributed by atoms with Crippen LogP contribution in [0.15, 0.2) is 18.4 Å². The zero-order valence-electron chi connectivity index (χ0n) is 7.80. The monoisotopic (exact) mass is 144 g/mol. The number of nitrogens with zero attached hydrogens (tertiary/aromatic N) is 1. The molecule has 0 unspecified atom stereocenters. The molecule has 0 fully saturated rings. The largest absolute Gasteiger partial charge is 0.490 e. The van der Waals surface area contributed by atoms with E-state index in [4.69, 9.17) is 14.2 Å². The SMILES string of the molecule is [2H]c1nc([2H])c(B(O)O)c([2H])c1F. The van der Waals surface area contributed by atoms with E-state index in [-0.39, 0.29) is 0 Å². The van der Waals surface area contributed by atoms with Gasteiger partial charge in [-0.3, -0.25) is 4.98 Å². The lowest BCUT2D eigenvalue weighted by atomic mass is 9.82. The van der Waals surface area contributed by atoms with Crippen LogP contribution in [0.3, 0.4) is 0 Å². The maximum Gasteiger partial charge on any atom is 0.490 e. The van der Waals surface area contributed by atoms with Crippen molar-refractivity contribution in [3.05, 3.63) is 24.2 Å². The van der Waals surface area contributed by atoms with Gasteiger partial charge in [-0.05, 0) is 6.04 Å². The fraction of sp³-hybridized carbons (Fsp3) is 0. The Balaban J connectivity index is 3.44. The Morgan fingerprint density at radius 1 is 1.60 bits per heavy atom. The molecule has 3 nitrogen and oxygen atoms in total. The Kier molecular flexibility index (Phi) is 1.12. The Morgan fingerprint density at radius 3 is 2.90 bits per heavy atom. The molecule has 1 aromatic heterocycles. The van der Waals surface area contributed by atoms with Crippen LogP contribution >= 0.6 is 0 Å². The highest BCUT2D eigenvalue weighted by Gasteiger charge is 2.10. The van der Waals surface area contributed by atoms with Gasteiger partial charge in [0.05, 0.1) is 10.3 Å². The lowest BCUT2D eigenvalue weighted by Crippen LogP contribution is -2.30. The lowest BCUT2D eigenvalue weighted by molar-refractivity contribution is 0.425. The predicted molar refractivity (Wildman–Crippen MR) is 34.0 cm³/mol. The summed E-state index contributed by atoms with van der Waals surface area (Å²) < 4.78 is 33.7. The third-order valence-corrected chi connectivity index (χ3v) is 0.833. The van der Waals surface area contributed by atoms with Crippen molar-refractivity contribution < 1.29 is 18.6 Å². The van der Waals surface area contributed by atoms with Crippen molar-refractivity contribution in [2.45, 2.75) is 0 Å². The maximum atomic E-state index is 12.8. The van der Waals surface area contributed by atoms with Crippen LogP contribution in [0, 0.1) is 5.82 Å². The first kappa shape index (κ1) is 4.05. The molecule has 10 heavy (non-hydrogen) atoms. The molecule has 0 amide bonds. The summed E-state index contributed by atoms with van der Waals surface area (Å²) >= 11 is 0. The Bertz CT molecular complexity index is 349. The average Bonchev–Trinajstić information content (AvgIpc) is 1.99. The molecule has 0 bridgehead atoms. The number of halogens is 1. The van der Waals surface area contributed by atoms with E-state index in [1.54, 1.807) is 0 Å². The minimum atomic E-state index is -2.12. The van der Waals surface area contributed by atoms with Gasteiger partial charge in [0.1, 0.15) is 5.82 Å². The molecular formula is C5H5BFNO2. The second kappa shape index (κ2) is 2.77. The molecule has 0 aliphatic carbocycles. The third-order valence-electron chi connectivity index (χ3n) is 0.833. The molecular weight excluding hydrogens is 136 g/mol. The number of rotatable bonds is 1. The molecule has 0 radical (unpaired) electrons. The normalized spacial score (nSPS) is 13.7. The van der Waals surface area contributed by atoms with Gasteiger partial charge in [-0.2, -0.15) is 0 Å². The summed E-state index contributed by atoms with van der Waals surface area (Å²) in [6, 6.07) is -0.875. The van der Waals surface area contributed by atoms with E-state index >= 15 is 0 Å². The van der Waals surface area contributed by atoms with E-state index in [1.807, 2.05) is 0 Å². The van der Waals surface area contributed by atoms with Crippen molar-refractivity contribution in [1.82, 2.24) is 4.98 Å². The van der Waals surface area contributed by atoms with Gasteiger partial charge in [0.25, 0.3) is 0 Å². The summed E-state index contributed by atoms with van der Waals surface area (Å²) in [7, 11) is -2.12. The van der Waals surface area contributed by atoms with E-state index in [9.17, 15) is 4.39 Å².